The van der Waals surface area contributed by atoms with E-state index in [1.165, 1.54) is 36.0 Å². The first-order valence-electron chi connectivity index (χ1n) is 8.19. The first-order valence-corrected chi connectivity index (χ1v) is 8.19. The van der Waals surface area contributed by atoms with E-state index in [1.54, 1.807) is 5.56 Å². The number of benzene rings is 1. The Bertz CT molecular complexity index is 600. The van der Waals surface area contributed by atoms with Crippen LogP contribution in [0, 0.1) is 0 Å². The van der Waals surface area contributed by atoms with Gasteiger partial charge in [-0.1, -0.05) is 25.1 Å². The van der Waals surface area contributed by atoms with Crippen molar-refractivity contribution in [1.82, 2.24) is 15.1 Å². The largest absolute Gasteiger partial charge is 0.306 e. The van der Waals surface area contributed by atoms with Gasteiger partial charge in [-0.15, -0.1) is 0 Å². The van der Waals surface area contributed by atoms with E-state index in [0.717, 1.165) is 19.5 Å². The summed E-state index contributed by atoms with van der Waals surface area (Å²) in [4.78, 5) is 0. The topological polar surface area (TPSA) is 29.9 Å². The molecule has 1 aromatic carbocycles. The van der Waals surface area contributed by atoms with Gasteiger partial charge in [-0.05, 0) is 55.8 Å². The van der Waals surface area contributed by atoms with Crippen LogP contribution in [0.15, 0.2) is 30.6 Å². The molecule has 0 spiro atoms. The number of aromatic nitrogens is 2. The Morgan fingerprint density at radius 3 is 2.81 bits per heavy atom. The monoisotopic (exact) mass is 283 g/mol. The number of hydrogen-bond acceptors (Lipinski definition) is 2. The van der Waals surface area contributed by atoms with E-state index < -0.39 is 0 Å². The van der Waals surface area contributed by atoms with Crippen LogP contribution in [0.4, 0.5) is 0 Å². The Morgan fingerprint density at radius 1 is 1.19 bits per heavy atom. The lowest BCUT2D eigenvalue weighted by Crippen LogP contribution is -2.23. The molecule has 1 atom stereocenters. The minimum atomic E-state index is 0.260. The molecule has 1 N–H and O–H groups in total. The standard InChI is InChI=1S/C18H25N3/c1-3-10-19-18(17-12-20-21(4-2)13-17)16-9-8-14-6-5-7-15(14)11-16/h8-9,11-13,18-19H,3-7,10H2,1-2H3. The van der Waals surface area contributed by atoms with Gasteiger partial charge >= 0.3 is 0 Å². The average molecular weight is 283 g/mol. The van der Waals surface area contributed by atoms with Gasteiger partial charge in [0.15, 0.2) is 0 Å². The number of hydrogen-bond donors (Lipinski definition) is 1. The Balaban J connectivity index is 1.91. The summed E-state index contributed by atoms with van der Waals surface area (Å²) in [5, 5.41) is 8.12. The van der Waals surface area contributed by atoms with E-state index in [0.29, 0.717) is 0 Å². The molecule has 3 nitrogen and oxygen atoms in total. The minimum Gasteiger partial charge on any atom is -0.306 e. The smallest absolute Gasteiger partial charge is 0.0608 e. The Kier molecular flexibility index (Phi) is 4.39. The van der Waals surface area contributed by atoms with Gasteiger partial charge in [0.25, 0.3) is 0 Å². The Hall–Kier alpha value is -1.61. The van der Waals surface area contributed by atoms with Crippen molar-refractivity contribution in [3.63, 3.8) is 0 Å². The highest BCUT2D eigenvalue weighted by atomic mass is 15.3. The predicted octanol–water partition coefficient (Wildman–Crippen LogP) is 3.48. The molecule has 0 bridgehead atoms. The van der Waals surface area contributed by atoms with Gasteiger partial charge in [0.2, 0.25) is 0 Å². The summed E-state index contributed by atoms with van der Waals surface area (Å²) in [6, 6.07) is 7.28. The van der Waals surface area contributed by atoms with Crippen molar-refractivity contribution >= 4 is 0 Å². The summed E-state index contributed by atoms with van der Waals surface area (Å²) in [6.45, 7) is 6.28. The molecule has 1 aromatic heterocycles. The lowest BCUT2D eigenvalue weighted by Gasteiger charge is -2.18. The zero-order valence-corrected chi connectivity index (χ0v) is 13.1. The van der Waals surface area contributed by atoms with Crippen LogP contribution in [0.3, 0.4) is 0 Å². The van der Waals surface area contributed by atoms with Crippen molar-refractivity contribution in [2.75, 3.05) is 6.54 Å². The van der Waals surface area contributed by atoms with Gasteiger partial charge in [0, 0.05) is 18.3 Å². The second-order valence-corrected chi connectivity index (χ2v) is 5.90. The second-order valence-electron chi connectivity index (χ2n) is 5.90. The third-order valence-electron chi connectivity index (χ3n) is 4.36. The molecule has 1 heterocycles. The fraction of sp³-hybridized carbons (Fsp3) is 0.500. The number of nitrogens with one attached hydrogen (secondary N) is 1. The molecule has 0 amide bonds. The molecule has 1 aliphatic carbocycles. The van der Waals surface area contributed by atoms with Gasteiger partial charge < -0.3 is 5.32 Å². The van der Waals surface area contributed by atoms with E-state index in [1.807, 2.05) is 10.9 Å². The van der Waals surface area contributed by atoms with Crippen molar-refractivity contribution in [3.05, 3.63) is 52.8 Å². The summed E-state index contributed by atoms with van der Waals surface area (Å²) in [6.07, 6.45) is 9.10. The molecule has 1 unspecified atom stereocenters. The molecule has 3 heteroatoms. The van der Waals surface area contributed by atoms with Crippen molar-refractivity contribution in [3.8, 4) is 0 Å². The van der Waals surface area contributed by atoms with Crippen LogP contribution >= 0.6 is 0 Å². The number of rotatable bonds is 6. The third kappa shape index (κ3) is 3.03. The zero-order chi connectivity index (χ0) is 14.7. The van der Waals surface area contributed by atoms with Crippen molar-refractivity contribution < 1.29 is 0 Å². The summed E-state index contributed by atoms with van der Waals surface area (Å²) in [5.41, 5.74) is 5.72. The highest BCUT2D eigenvalue weighted by molar-refractivity contribution is 5.39. The SMILES string of the molecule is CCCNC(c1ccc2c(c1)CCC2)c1cnn(CC)c1. The number of nitrogens with zero attached hydrogens (tertiary/aromatic N) is 2. The highest BCUT2D eigenvalue weighted by Crippen LogP contribution is 2.28. The maximum absolute atomic E-state index is 4.44. The Morgan fingerprint density at radius 2 is 2.05 bits per heavy atom. The molecule has 0 radical (unpaired) electrons. The van der Waals surface area contributed by atoms with Gasteiger partial charge in [-0.3, -0.25) is 4.68 Å². The van der Waals surface area contributed by atoms with Crippen molar-refractivity contribution in [2.24, 2.45) is 0 Å². The molecule has 112 valence electrons. The first-order chi connectivity index (χ1) is 10.3. The van der Waals surface area contributed by atoms with Crippen LogP contribution in [-0.2, 0) is 19.4 Å². The Labute approximate surface area is 127 Å². The molecule has 0 aliphatic heterocycles. The minimum absolute atomic E-state index is 0.260. The molecule has 2 aromatic rings. The van der Waals surface area contributed by atoms with E-state index in [2.05, 4.69) is 48.7 Å². The summed E-state index contributed by atoms with van der Waals surface area (Å²) in [7, 11) is 0. The van der Waals surface area contributed by atoms with E-state index in [9.17, 15) is 0 Å². The zero-order valence-electron chi connectivity index (χ0n) is 13.1. The van der Waals surface area contributed by atoms with Crippen molar-refractivity contribution in [2.45, 2.75) is 52.1 Å². The lowest BCUT2D eigenvalue weighted by atomic mass is 9.97. The predicted molar refractivity (Wildman–Crippen MR) is 86.5 cm³/mol. The fourth-order valence-electron chi connectivity index (χ4n) is 3.19. The van der Waals surface area contributed by atoms with Crippen LogP contribution in [0.25, 0.3) is 0 Å². The van der Waals surface area contributed by atoms with Crippen LogP contribution < -0.4 is 5.32 Å². The van der Waals surface area contributed by atoms with Crippen LogP contribution in [0.2, 0.25) is 0 Å². The maximum atomic E-state index is 4.44. The molecular weight excluding hydrogens is 258 g/mol. The first kappa shape index (κ1) is 14.3. The summed E-state index contributed by atoms with van der Waals surface area (Å²) in [5.74, 6) is 0. The van der Waals surface area contributed by atoms with Crippen LogP contribution in [0.5, 0.6) is 0 Å². The number of fused-ring (bicyclic) bond motifs is 1. The molecule has 21 heavy (non-hydrogen) atoms. The summed E-state index contributed by atoms with van der Waals surface area (Å²) < 4.78 is 2.00. The third-order valence-corrected chi connectivity index (χ3v) is 4.36. The van der Waals surface area contributed by atoms with Crippen molar-refractivity contribution in [1.29, 1.82) is 0 Å². The molecule has 1 aliphatic rings. The molecule has 3 rings (SSSR count). The van der Waals surface area contributed by atoms with E-state index in [-0.39, 0.29) is 6.04 Å². The molecular formula is C18H25N3. The lowest BCUT2D eigenvalue weighted by molar-refractivity contribution is 0.596. The highest BCUT2D eigenvalue weighted by Gasteiger charge is 2.18. The van der Waals surface area contributed by atoms with Crippen LogP contribution in [0.1, 0.15) is 55.0 Å². The van der Waals surface area contributed by atoms with Crippen LogP contribution in [-0.4, -0.2) is 16.3 Å². The van der Waals surface area contributed by atoms with Gasteiger partial charge in [-0.2, -0.15) is 5.10 Å². The quantitative estimate of drug-likeness (QED) is 0.879. The molecule has 0 fully saturated rings. The van der Waals surface area contributed by atoms with E-state index in [4.69, 9.17) is 0 Å². The number of aryl methyl sites for hydroxylation is 3. The normalized spacial score (nSPS) is 15.1. The summed E-state index contributed by atoms with van der Waals surface area (Å²) >= 11 is 0. The van der Waals surface area contributed by atoms with Gasteiger partial charge in [0.05, 0.1) is 12.2 Å². The fourth-order valence-corrected chi connectivity index (χ4v) is 3.19. The average Bonchev–Trinajstić information content (AvgIpc) is 3.16. The van der Waals surface area contributed by atoms with Gasteiger partial charge in [0.1, 0.15) is 0 Å². The molecule has 0 saturated carbocycles. The van der Waals surface area contributed by atoms with E-state index >= 15 is 0 Å². The van der Waals surface area contributed by atoms with Gasteiger partial charge in [-0.25, -0.2) is 0 Å². The maximum Gasteiger partial charge on any atom is 0.0608 e. The second kappa shape index (κ2) is 6.44. The molecule has 0 saturated heterocycles.